The molecule has 0 aromatic heterocycles. The molecule has 0 aliphatic rings. The third-order valence-electron chi connectivity index (χ3n) is 3.46. The van der Waals surface area contributed by atoms with Crippen LogP contribution in [0.25, 0.3) is 0 Å². The molecule has 0 fully saturated rings. The number of anilines is 2. The Labute approximate surface area is 127 Å². The van der Waals surface area contributed by atoms with Crippen molar-refractivity contribution in [1.29, 1.82) is 0 Å². The summed E-state index contributed by atoms with van der Waals surface area (Å²) < 4.78 is 0. The average Bonchev–Trinajstić information content (AvgIpc) is 2.50. The van der Waals surface area contributed by atoms with E-state index in [2.05, 4.69) is 79.1 Å². The molecule has 0 heterocycles. The van der Waals surface area contributed by atoms with Gasteiger partial charge in [-0.05, 0) is 55.2 Å². The first kappa shape index (κ1) is 15.2. The van der Waals surface area contributed by atoms with Gasteiger partial charge in [-0.1, -0.05) is 37.3 Å². The van der Waals surface area contributed by atoms with Crippen molar-refractivity contribution in [2.24, 2.45) is 0 Å². The highest BCUT2D eigenvalue weighted by Gasteiger charge is 1.98. The number of hydrogen-bond donors (Lipinski definition) is 2. The predicted molar refractivity (Wildman–Crippen MR) is 92.9 cm³/mol. The first-order chi connectivity index (χ1) is 10.2. The lowest BCUT2D eigenvalue weighted by Crippen LogP contribution is -1.96. The summed E-state index contributed by atoms with van der Waals surface area (Å²) in [4.78, 5) is 0. The second-order valence-corrected chi connectivity index (χ2v) is 5.24. The molecule has 2 rings (SSSR count). The molecule has 0 saturated carbocycles. The summed E-state index contributed by atoms with van der Waals surface area (Å²) in [5.74, 6) is 0. The van der Waals surface area contributed by atoms with Crippen LogP contribution in [0.3, 0.4) is 0 Å². The van der Waals surface area contributed by atoms with Crippen LogP contribution >= 0.6 is 0 Å². The van der Waals surface area contributed by atoms with Crippen LogP contribution in [0.5, 0.6) is 0 Å². The summed E-state index contributed by atoms with van der Waals surface area (Å²) in [7, 11) is 1.94. The lowest BCUT2D eigenvalue weighted by molar-refractivity contribution is 1.17. The largest absolute Gasteiger partial charge is 0.388 e. The van der Waals surface area contributed by atoms with E-state index in [4.69, 9.17) is 0 Å². The summed E-state index contributed by atoms with van der Waals surface area (Å²) in [5.41, 5.74) is 6.16. The third-order valence-corrected chi connectivity index (χ3v) is 3.46. The van der Waals surface area contributed by atoms with E-state index in [9.17, 15) is 0 Å². The van der Waals surface area contributed by atoms with Crippen LogP contribution in [-0.2, 0) is 6.42 Å². The normalized spacial score (nSPS) is 11.3. The van der Waals surface area contributed by atoms with Crippen LogP contribution < -0.4 is 10.6 Å². The van der Waals surface area contributed by atoms with Gasteiger partial charge < -0.3 is 10.6 Å². The summed E-state index contributed by atoms with van der Waals surface area (Å²) in [6.45, 7) is 4.24. The SMILES string of the molecule is CC/C=C(\C)Nc1ccc(Cc2ccc(NC)cc2)cc1. The molecule has 0 bridgehead atoms. The summed E-state index contributed by atoms with van der Waals surface area (Å²) in [6, 6.07) is 17.2. The van der Waals surface area contributed by atoms with Gasteiger partial charge in [-0.15, -0.1) is 0 Å². The fourth-order valence-electron chi connectivity index (χ4n) is 2.32. The van der Waals surface area contributed by atoms with Crippen molar-refractivity contribution < 1.29 is 0 Å². The maximum atomic E-state index is 3.40. The molecule has 0 spiro atoms. The van der Waals surface area contributed by atoms with Gasteiger partial charge in [0.25, 0.3) is 0 Å². The van der Waals surface area contributed by atoms with Gasteiger partial charge in [-0.25, -0.2) is 0 Å². The zero-order valence-corrected chi connectivity index (χ0v) is 13.1. The number of benzene rings is 2. The van der Waals surface area contributed by atoms with Crippen molar-refractivity contribution >= 4 is 11.4 Å². The molecule has 0 aliphatic carbocycles. The quantitative estimate of drug-likeness (QED) is 0.774. The Hall–Kier alpha value is -2.22. The molecule has 2 aromatic rings. The summed E-state index contributed by atoms with van der Waals surface area (Å²) in [6.07, 6.45) is 4.21. The van der Waals surface area contributed by atoms with Crippen molar-refractivity contribution in [3.63, 3.8) is 0 Å². The highest BCUT2D eigenvalue weighted by Crippen LogP contribution is 2.16. The highest BCUT2D eigenvalue weighted by atomic mass is 14.9. The van der Waals surface area contributed by atoms with Gasteiger partial charge in [0.15, 0.2) is 0 Å². The number of hydrogen-bond acceptors (Lipinski definition) is 2. The number of rotatable bonds is 6. The van der Waals surface area contributed by atoms with E-state index >= 15 is 0 Å². The Kier molecular flexibility index (Phi) is 5.44. The molecule has 0 radical (unpaired) electrons. The topological polar surface area (TPSA) is 24.1 Å². The Morgan fingerprint density at radius 1 is 0.905 bits per heavy atom. The zero-order valence-electron chi connectivity index (χ0n) is 13.1. The third kappa shape index (κ3) is 4.67. The fraction of sp³-hybridized carbons (Fsp3) is 0.263. The Morgan fingerprint density at radius 3 is 1.90 bits per heavy atom. The van der Waals surface area contributed by atoms with Gasteiger partial charge >= 0.3 is 0 Å². The number of allylic oxidation sites excluding steroid dienone is 2. The van der Waals surface area contributed by atoms with E-state index in [0.717, 1.165) is 24.2 Å². The second-order valence-electron chi connectivity index (χ2n) is 5.24. The van der Waals surface area contributed by atoms with Crippen LogP contribution in [-0.4, -0.2) is 7.05 Å². The van der Waals surface area contributed by atoms with E-state index in [1.807, 2.05) is 7.05 Å². The van der Waals surface area contributed by atoms with Crippen molar-refractivity contribution in [2.75, 3.05) is 17.7 Å². The van der Waals surface area contributed by atoms with E-state index in [0.29, 0.717) is 0 Å². The second kappa shape index (κ2) is 7.53. The Morgan fingerprint density at radius 2 is 1.43 bits per heavy atom. The lowest BCUT2D eigenvalue weighted by Gasteiger charge is -2.08. The molecular formula is C19H24N2. The fourth-order valence-corrected chi connectivity index (χ4v) is 2.32. The minimum atomic E-state index is 0.966. The van der Waals surface area contributed by atoms with Crippen LogP contribution in [0, 0.1) is 0 Å². The highest BCUT2D eigenvalue weighted by molar-refractivity contribution is 5.50. The first-order valence-electron chi connectivity index (χ1n) is 7.50. The van der Waals surface area contributed by atoms with Crippen molar-refractivity contribution in [3.05, 3.63) is 71.4 Å². The molecule has 2 heteroatoms. The van der Waals surface area contributed by atoms with Crippen molar-refractivity contribution in [3.8, 4) is 0 Å². The zero-order chi connectivity index (χ0) is 15.1. The van der Waals surface area contributed by atoms with Gasteiger partial charge in [0, 0.05) is 24.1 Å². The molecule has 0 aliphatic heterocycles. The van der Waals surface area contributed by atoms with Gasteiger partial charge in [0.05, 0.1) is 0 Å². The van der Waals surface area contributed by atoms with E-state index < -0.39 is 0 Å². The van der Waals surface area contributed by atoms with Crippen LogP contribution in [0.15, 0.2) is 60.3 Å². The maximum Gasteiger partial charge on any atom is 0.0381 e. The Bertz CT molecular complexity index is 580. The molecule has 2 N–H and O–H groups in total. The lowest BCUT2D eigenvalue weighted by atomic mass is 10.0. The van der Waals surface area contributed by atoms with Crippen LogP contribution in [0.2, 0.25) is 0 Å². The monoisotopic (exact) mass is 280 g/mol. The minimum absolute atomic E-state index is 0.966. The van der Waals surface area contributed by atoms with Gasteiger partial charge in [-0.3, -0.25) is 0 Å². The minimum Gasteiger partial charge on any atom is -0.388 e. The molecule has 2 nitrogen and oxygen atoms in total. The van der Waals surface area contributed by atoms with E-state index in [1.165, 1.54) is 16.8 Å². The van der Waals surface area contributed by atoms with Gasteiger partial charge in [0.1, 0.15) is 0 Å². The Balaban J connectivity index is 1.99. The van der Waals surface area contributed by atoms with Crippen molar-refractivity contribution in [1.82, 2.24) is 0 Å². The van der Waals surface area contributed by atoms with E-state index in [-0.39, 0.29) is 0 Å². The molecule has 2 aromatic carbocycles. The molecule has 110 valence electrons. The number of nitrogens with one attached hydrogen (secondary N) is 2. The summed E-state index contributed by atoms with van der Waals surface area (Å²) in [5, 5.41) is 6.54. The molecule has 0 saturated heterocycles. The van der Waals surface area contributed by atoms with Crippen LogP contribution in [0.4, 0.5) is 11.4 Å². The standard InChI is InChI=1S/C19H24N2/c1-4-5-15(2)21-19-12-8-17(9-13-19)14-16-6-10-18(20-3)11-7-16/h5-13,20-21H,4,14H2,1-3H3/b15-5+. The molecule has 21 heavy (non-hydrogen) atoms. The average molecular weight is 280 g/mol. The first-order valence-corrected chi connectivity index (χ1v) is 7.50. The predicted octanol–water partition coefficient (Wildman–Crippen LogP) is 5.04. The summed E-state index contributed by atoms with van der Waals surface area (Å²) >= 11 is 0. The molecular weight excluding hydrogens is 256 g/mol. The molecule has 0 amide bonds. The maximum absolute atomic E-state index is 3.40. The molecule has 0 unspecified atom stereocenters. The van der Waals surface area contributed by atoms with Crippen LogP contribution in [0.1, 0.15) is 31.4 Å². The van der Waals surface area contributed by atoms with Gasteiger partial charge in [-0.2, -0.15) is 0 Å². The smallest absolute Gasteiger partial charge is 0.0381 e. The molecule has 0 atom stereocenters. The van der Waals surface area contributed by atoms with Crippen molar-refractivity contribution in [2.45, 2.75) is 26.7 Å². The van der Waals surface area contributed by atoms with E-state index in [1.54, 1.807) is 0 Å². The van der Waals surface area contributed by atoms with Gasteiger partial charge in [0.2, 0.25) is 0 Å².